The second-order valence-electron chi connectivity index (χ2n) is 4.33. The highest BCUT2D eigenvalue weighted by Crippen LogP contribution is 2.20. The van der Waals surface area contributed by atoms with E-state index in [1.807, 2.05) is 13.2 Å². The Hall–Kier alpha value is -1.75. The predicted molar refractivity (Wildman–Crippen MR) is 64.8 cm³/mol. The van der Waals surface area contributed by atoms with Crippen molar-refractivity contribution in [2.75, 3.05) is 0 Å². The van der Waals surface area contributed by atoms with Crippen LogP contribution in [0.25, 0.3) is 0 Å². The van der Waals surface area contributed by atoms with Gasteiger partial charge >= 0.3 is 0 Å². The number of nitrogens with two attached hydrogens (primary N) is 1. The predicted octanol–water partition coefficient (Wildman–Crippen LogP) is 2.33. The smallest absolute Gasteiger partial charge is 0.130 e. The normalized spacial score (nSPS) is 12.7. The minimum absolute atomic E-state index is 0.347. The molecule has 1 atom stereocenters. The number of aryl methyl sites for hydroxylation is 2. The Labute approximate surface area is 104 Å². The fourth-order valence-corrected chi connectivity index (χ4v) is 1.88. The van der Waals surface area contributed by atoms with Crippen LogP contribution in [-0.2, 0) is 13.5 Å². The zero-order valence-electron chi connectivity index (χ0n) is 10.1. The van der Waals surface area contributed by atoms with Crippen molar-refractivity contribution in [1.82, 2.24) is 9.78 Å². The highest BCUT2D eigenvalue weighted by molar-refractivity contribution is 5.22. The number of benzene rings is 1. The summed E-state index contributed by atoms with van der Waals surface area (Å²) in [7, 11) is 1.84. The third kappa shape index (κ3) is 2.92. The third-order valence-corrected chi connectivity index (χ3v) is 2.86. The molecule has 0 saturated heterocycles. The summed E-state index contributed by atoms with van der Waals surface area (Å²) in [6.07, 6.45) is 4.96. The standard InChI is InChI=1S/C13H15F2N3/c1-18-8-9(7-17-18)2-5-13(16)11-4-3-10(14)6-12(11)15/h3-4,6-8,13H,2,5,16H2,1H3. The fourth-order valence-electron chi connectivity index (χ4n) is 1.88. The summed E-state index contributed by atoms with van der Waals surface area (Å²) in [6, 6.07) is 3.05. The maximum absolute atomic E-state index is 13.5. The maximum Gasteiger partial charge on any atom is 0.130 e. The molecular formula is C13H15F2N3. The highest BCUT2D eigenvalue weighted by Gasteiger charge is 2.12. The molecule has 1 aromatic carbocycles. The molecule has 0 radical (unpaired) electrons. The van der Waals surface area contributed by atoms with Gasteiger partial charge in [-0.3, -0.25) is 4.68 Å². The topological polar surface area (TPSA) is 43.8 Å². The first-order valence-electron chi connectivity index (χ1n) is 5.74. The number of nitrogens with zero attached hydrogens (tertiary/aromatic N) is 2. The first-order valence-corrected chi connectivity index (χ1v) is 5.74. The van der Waals surface area contributed by atoms with Gasteiger partial charge in [0.05, 0.1) is 6.20 Å². The van der Waals surface area contributed by atoms with Crippen LogP contribution in [0.5, 0.6) is 0 Å². The molecule has 1 unspecified atom stereocenters. The Morgan fingerprint density at radius 2 is 2.17 bits per heavy atom. The van der Waals surface area contributed by atoms with Crippen LogP contribution in [-0.4, -0.2) is 9.78 Å². The van der Waals surface area contributed by atoms with Crippen molar-refractivity contribution in [3.63, 3.8) is 0 Å². The summed E-state index contributed by atoms with van der Waals surface area (Å²) < 4.78 is 28.0. The molecule has 1 heterocycles. The van der Waals surface area contributed by atoms with Gasteiger partial charge in [-0.15, -0.1) is 0 Å². The summed E-state index contributed by atoms with van der Waals surface area (Å²) in [6.45, 7) is 0. The Morgan fingerprint density at radius 1 is 1.39 bits per heavy atom. The summed E-state index contributed by atoms with van der Waals surface area (Å²) in [5.74, 6) is -1.18. The van der Waals surface area contributed by atoms with Crippen molar-refractivity contribution in [3.05, 3.63) is 53.4 Å². The van der Waals surface area contributed by atoms with Crippen LogP contribution in [0, 0.1) is 11.6 Å². The van der Waals surface area contributed by atoms with E-state index in [1.54, 1.807) is 10.9 Å². The number of hydrogen-bond donors (Lipinski definition) is 1. The van der Waals surface area contributed by atoms with E-state index in [0.717, 1.165) is 11.6 Å². The van der Waals surface area contributed by atoms with Crippen molar-refractivity contribution in [3.8, 4) is 0 Å². The van der Waals surface area contributed by atoms with Crippen LogP contribution in [0.2, 0.25) is 0 Å². The molecular weight excluding hydrogens is 236 g/mol. The molecule has 0 bridgehead atoms. The average molecular weight is 251 g/mol. The molecule has 1 aromatic heterocycles. The first kappa shape index (κ1) is 12.7. The number of halogens is 2. The molecule has 2 N–H and O–H groups in total. The lowest BCUT2D eigenvalue weighted by Crippen LogP contribution is -2.13. The van der Waals surface area contributed by atoms with E-state index in [-0.39, 0.29) is 0 Å². The van der Waals surface area contributed by atoms with Crippen molar-refractivity contribution in [2.45, 2.75) is 18.9 Å². The average Bonchev–Trinajstić information content (AvgIpc) is 2.72. The van der Waals surface area contributed by atoms with Crippen molar-refractivity contribution in [1.29, 1.82) is 0 Å². The summed E-state index contributed by atoms with van der Waals surface area (Å²) >= 11 is 0. The monoisotopic (exact) mass is 251 g/mol. The van der Waals surface area contributed by atoms with Gasteiger partial charge in [0.1, 0.15) is 11.6 Å². The molecule has 3 nitrogen and oxygen atoms in total. The van der Waals surface area contributed by atoms with Crippen LogP contribution in [0.1, 0.15) is 23.6 Å². The van der Waals surface area contributed by atoms with Crippen LogP contribution in [0.4, 0.5) is 8.78 Å². The Kier molecular flexibility index (Phi) is 3.72. The molecule has 96 valence electrons. The van der Waals surface area contributed by atoms with Gasteiger partial charge in [0.25, 0.3) is 0 Å². The fraction of sp³-hybridized carbons (Fsp3) is 0.308. The molecule has 0 saturated carbocycles. The van der Waals surface area contributed by atoms with Crippen molar-refractivity contribution >= 4 is 0 Å². The minimum atomic E-state index is -0.589. The van der Waals surface area contributed by atoms with Crippen molar-refractivity contribution in [2.24, 2.45) is 12.8 Å². The lowest BCUT2D eigenvalue weighted by atomic mass is 10.0. The van der Waals surface area contributed by atoms with E-state index in [4.69, 9.17) is 5.73 Å². The number of hydrogen-bond acceptors (Lipinski definition) is 2. The highest BCUT2D eigenvalue weighted by atomic mass is 19.1. The van der Waals surface area contributed by atoms with Gasteiger partial charge in [0, 0.05) is 30.9 Å². The van der Waals surface area contributed by atoms with Gasteiger partial charge in [0.15, 0.2) is 0 Å². The molecule has 5 heteroatoms. The van der Waals surface area contributed by atoms with Gasteiger partial charge in [-0.2, -0.15) is 5.10 Å². The van der Waals surface area contributed by atoms with Gasteiger partial charge in [0.2, 0.25) is 0 Å². The van der Waals surface area contributed by atoms with Crippen molar-refractivity contribution < 1.29 is 8.78 Å². The second-order valence-corrected chi connectivity index (χ2v) is 4.33. The Morgan fingerprint density at radius 3 is 2.78 bits per heavy atom. The molecule has 0 fully saturated rings. The molecule has 0 aliphatic rings. The Bertz CT molecular complexity index is 537. The van der Waals surface area contributed by atoms with Gasteiger partial charge in [-0.05, 0) is 24.5 Å². The Balaban J connectivity index is 2.01. The molecule has 0 amide bonds. The van der Waals surface area contributed by atoms with Crippen LogP contribution < -0.4 is 5.73 Å². The molecule has 0 aliphatic heterocycles. The summed E-state index contributed by atoms with van der Waals surface area (Å²) in [4.78, 5) is 0. The van der Waals surface area contributed by atoms with Gasteiger partial charge in [-0.25, -0.2) is 8.78 Å². The van der Waals surface area contributed by atoms with Gasteiger partial charge in [-0.1, -0.05) is 6.07 Å². The molecule has 0 spiro atoms. The van der Waals surface area contributed by atoms with E-state index in [9.17, 15) is 8.78 Å². The largest absolute Gasteiger partial charge is 0.324 e. The zero-order chi connectivity index (χ0) is 13.1. The van der Waals surface area contributed by atoms with Gasteiger partial charge < -0.3 is 5.73 Å². The second kappa shape index (κ2) is 5.27. The van der Waals surface area contributed by atoms with Crippen LogP contribution >= 0.6 is 0 Å². The van der Waals surface area contributed by atoms with E-state index < -0.39 is 17.7 Å². The lowest BCUT2D eigenvalue weighted by molar-refractivity contribution is 0.543. The van der Waals surface area contributed by atoms with E-state index in [0.29, 0.717) is 18.4 Å². The quantitative estimate of drug-likeness (QED) is 0.906. The lowest BCUT2D eigenvalue weighted by Gasteiger charge is -2.12. The van der Waals surface area contributed by atoms with E-state index in [1.165, 1.54) is 12.1 Å². The first-order chi connectivity index (χ1) is 8.56. The SMILES string of the molecule is Cn1cc(CCC(N)c2ccc(F)cc2F)cn1. The molecule has 18 heavy (non-hydrogen) atoms. The van der Waals surface area contributed by atoms with E-state index >= 15 is 0 Å². The third-order valence-electron chi connectivity index (χ3n) is 2.86. The van der Waals surface area contributed by atoms with E-state index in [2.05, 4.69) is 5.10 Å². The minimum Gasteiger partial charge on any atom is -0.324 e. The summed E-state index contributed by atoms with van der Waals surface area (Å²) in [5, 5.41) is 4.05. The summed E-state index contributed by atoms with van der Waals surface area (Å²) in [5.41, 5.74) is 7.31. The zero-order valence-corrected chi connectivity index (χ0v) is 10.1. The maximum atomic E-state index is 13.5. The molecule has 2 aromatic rings. The number of rotatable bonds is 4. The molecule has 2 rings (SSSR count). The van der Waals surface area contributed by atoms with Crippen LogP contribution in [0.15, 0.2) is 30.6 Å². The molecule has 0 aliphatic carbocycles. The van der Waals surface area contributed by atoms with Crippen LogP contribution in [0.3, 0.4) is 0 Å². The number of aromatic nitrogens is 2.